The van der Waals surface area contributed by atoms with Crippen molar-refractivity contribution in [3.8, 4) is 0 Å². The van der Waals surface area contributed by atoms with E-state index < -0.39 is 0 Å². The van der Waals surface area contributed by atoms with E-state index in [4.69, 9.17) is 9.26 Å². The normalized spacial score (nSPS) is 21.0. The standard InChI is InChI=1S/C17H20N4O3/c22-17(13-5-7-18-8-6-13)21-9-1-2-14(10-21)23-11-15-19-16(20-24-15)12-3-4-12/h5-8,12,14H,1-4,9-11H2/t14-/m1/s1. The Morgan fingerprint density at radius 2 is 2.12 bits per heavy atom. The third-order valence-electron chi connectivity index (χ3n) is 4.46. The number of aromatic nitrogens is 3. The molecule has 1 atom stereocenters. The lowest BCUT2D eigenvalue weighted by molar-refractivity contribution is -0.0153. The van der Waals surface area contributed by atoms with Gasteiger partial charge in [0.15, 0.2) is 5.82 Å². The van der Waals surface area contributed by atoms with E-state index in [-0.39, 0.29) is 12.0 Å². The number of ether oxygens (including phenoxy) is 1. The Labute approximate surface area is 140 Å². The Morgan fingerprint density at radius 3 is 2.92 bits per heavy atom. The van der Waals surface area contributed by atoms with Gasteiger partial charge in [0, 0.05) is 37.0 Å². The number of likely N-dealkylation sites (tertiary alicyclic amines) is 1. The van der Waals surface area contributed by atoms with Crippen LogP contribution < -0.4 is 0 Å². The Balaban J connectivity index is 1.32. The number of amides is 1. The van der Waals surface area contributed by atoms with Crippen LogP contribution in [0, 0.1) is 0 Å². The first kappa shape index (κ1) is 15.3. The third kappa shape index (κ3) is 3.46. The molecule has 3 heterocycles. The minimum atomic E-state index is 0.000752. The van der Waals surface area contributed by atoms with E-state index in [0.717, 1.165) is 38.1 Å². The second-order valence-electron chi connectivity index (χ2n) is 6.38. The zero-order valence-electron chi connectivity index (χ0n) is 13.4. The molecular weight excluding hydrogens is 308 g/mol. The summed E-state index contributed by atoms with van der Waals surface area (Å²) in [5.74, 6) is 1.83. The van der Waals surface area contributed by atoms with E-state index in [1.54, 1.807) is 24.5 Å². The van der Waals surface area contributed by atoms with E-state index >= 15 is 0 Å². The van der Waals surface area contributed by atoms with E-state index in [1.165, 1.54) is 0 Å². The molecule has 0 radical (unpaired) electrons. The molecule has 1 saturated heterocycles. The smallest absolute Gasteiger partial charge is 0.254 e. The summed E-state index contributed by atoms with van der Waals surface area (Å²) in [7, 11) is 0. The first-order chi connectivity index (χ1) is 11.8. The van der Waals surface area contributed by atoms with Crippen molar-refractivity contribution in [2.45, 2.75) is 44.3 Å². The molecule has 1 aliphatic heterocycles. The summed E-state index contributed by atoms with van der Waals surface area (Å²) in [6.45, 7) is 1.65. The van der Waals surface area contributed by atoms with Gasteiger partial charge in [0.05, 0.1) is 6.10 Å². The molecule has 2 aromatic heterocycles. The molecule has 0 aromatic carbocycles. The highest BCUT2D eigenvalue weighted by molar-refractivity contribution is 5.94. The molecule has 4 rings (SSSR count). The highest BCUT2D eigenvalue weighted by Crippen LogP contribution is 2.38. The van der Waals surface area contributed by atoms with E-state index in [2.05, 4.69) is 15.1 Å². The first-order valence-electron chi connectivity index (χ1n) is 8.43. The predicted molar refractivity (Wildman–Crippen MR) is 84.2 cm³/mol. The van der Waals surface area contributed by atoms with Gasteiger partial charge in [0.2, 0.25) is 0 Å². The average molecular weight is 328 g/mol. The van der Waals surface area contributed by atoms with Gasteiger partial charge in [0.1, 0.15) is 6.61 Å². The Hall–Kier alpha value is -2.28. The van der Waals surface area contributed by atoms with Crippen molar-refractivity contribution in [3.63, 3.8) is 0 Å². The Bertz CT molecular complexity index is 699. The van der Waals surface area contributed by atoms with Gasteiger partial charge in [-0.05, 0) is 37.8 Å². The lowest BCUT2D eigenvalue weighted by Crippen LogP contribution is -2.43. The number of carbonyl (C=O) groups excluding carboxylic acids is 1. The molecule has 24 heavy (non-hydrogen) atoms. The molecule has 126 valence electrons. The number of rotatable bonds is 5. The maximum Gasteiger partial charge on any atom is 0.254 e. The van der Waals surface area contributed by atoms with Crippen LogP contribution in [0.15, 0.2) is 29.0 Å². The molecule has 1 saturated carbocycles. The fourth-order valence-corrected chi connectivity index (χ4v) is 2.96. The topological polar surface area (TPSA) is 81.4 Å². The molecule has 2 aliphatic rings. The molecule has 7 nitrogen and oxygen atoms in total. The highest BCUT2D eigenvalue weighted by Gasteiger charge is 2.29. The zero-order chi connectivity index (χ0) is 16.4. The SMILES string of the molecule is O=C(c1ccncc1)N1CCC[C@@H](OCc2nc(C3CC3)no2)C1. The van der Waals surface area contributed by atoms with Crippen molar-refractivity contribution in [2.24, 2.45) is 0 Å². The number of piperidine rings is 1. The van der Waals surface area contributed by atoms with Crippen molar-refractivity contribution < 1.29 is 14.1 Å². The quantitative estimate of drug-likeness (QED) is 0.836. The van der Waals surface area contributed by atoms with Crippen molar-refractivity contribution >= 4 is 5.91 Å². The average Bonchev–Trinajstić information content (AvgIpc) is 3.39. The van der Waals surface area contributed by atoms with Crippen LogP contribution in [0.1, 0.15) is 53.7 Å². The van der Waals surface area contributed by atoms with Crippen LogP contribution >= 0.6 is 0 Å². The maximum absolute atomic E-state index is 12.5. The summed E-state index contributed by atoms with van der Waals surface area (Å²) in [4.78, 5) is 22.7. The fraction of sp³-hybridized carbons (Fsp3) is 0.529. The Kier molecular flexibility index (Phi) is 4.25. The molecule has 0 N–H and O–H groups in total. The van der Waals surface area contributed by atoms with E-state index in [1.807, 2.05) is 4.90 Å². The maximum atomic E-state index is 12.5. The minimum absolute atomic E-state index is 0.000752. The summed E-state index contributed by atoms with van der Waals surface area (Å²) >= 11 is 0. The first-order valence-corrected chi connectivity index (χ1v) is 8.43. The number of hydrogen-bond acceptors (Lipinski definition) is 6. The summed E-state index contributed by atoms with van der Waals surface area (Å²) in [5, 5.41) is 3.99. The minimum Gasteiger partial charge on any atom is -0.367 e. The second kappa shape index (κ2) is 6.68. The molecule has 1 amide bonds. The van der Waals surface area contributed by atoms with Gasteiger partial charge in [-0.25, -0.2) is 0 Å². The van der Waals surface area contributed by atoms with Gasteiger partial charge >= 0.3 is 0 Å². The van der Waals surface area contributed by atoms with Gasteiger partial charge < -0.3 is 14.2 Å². The van der Waals surface area contributed by atoms with Gasteiger partial charge in [-0.3, -0.25) is 9.78 Å². The lowest BCUT2D eigenvalue weighted by atomic mass is 10.1. The van der Waals surface area contributed by atoms with E-state index in [9.17, 15) is 4.79 Å². The summed E-state index contributed by atoms with van der Waals surface area (Å²) in [6, 6.07) is 3.48. The van der Waals surface area contributed by atoms with Crippen LogP contribution in [-0.4, -0.2) is 45.1 Å². The van der Waals surface area contributed by atoms with Crippen LogP contribution in [0.4, 0.5) is 0 Å². The van der Waals surface area contributed by atoms with Crippen LogP contribution in [0.25, 0.3) is 0 Å². The molecule has 1 aliphatic carbocycles. The molecule has 2 fully saturated rings. The van der Waals surface area contributed by atoms with Crippen LogP contribution in [0.5, 0.6) is 0 Å². The molecular formula is C17H20N4O3. The molecule has 2 aromatic rings. The third-order valence-corrected chi connectivity index (χ3v) is 4.46. The fourth-order valence-electron chi connectivity index (χ4n) is 2.96. The predicted octanol–water partition coefficient (Wildman–Crippen LogP) is 2.16. The summed E-state index contributed by atoms with van der Waals surface area (Å²) < 4.78 is 11.1. The largest absolute Gasteiger partial charge is 0.367 e. The zero-order valence-corrected chi connectivity index (χ0v) is 13.4. The lowest BCUT2D eigenvalue weighted by Gasteiger charge is -2.32. The van der Waals surface area contributed by atoms with Gasteiger partial charge in [-0.15, -0.1) is 0 Å². The summed E-state index contributed by atoms with van der Waals surface area (Å²) in [5.41, 5.74) is 0.664. The van der Waals surface area contributed by atoms with Crippen LogP contribution in [0.3, 0.4) is 0 Å². The van der Waals surface area contributed by atoms with Crippen molar-refractivity contribution in [1.29, 1.82) is 0 Å². The number of pyridine rings is 1. The van der Waals surface area contributed by atoms with Gasteiger partial charge in [-0.1, -0.05) is 5.16 Å². The Morgan fingerprint density at radius 1 is 1.29 bits per heavy atom. The van der Waals surface area contributed by atoms with Crippen molar-refractivity contribution in [3.05, 3.63) is 41.8 Å². The van der Waals surface area contributed by atoms with Crippen molar-refractivity contribution in [1.82, 2.24) is 20.0 Å². The molecule has 0 unspecified atom stereocenters. The van der Waals surface area contributed by atoms with Crippen LogP contribution in [0.2, 0.25) is 0 Å². The number of carbonyl (C=O) groups is 1. The number of nitrogens with zero attached hydrogens (tertiary/aromatic N) is 4. The molecule has 0 bridgehead atoms. The highest BCUT2D eigenvalue weighted by atomic mass is 16.5. The molecule has 0 spiro atoms. The monoisotopic (exact) mass is 328 g/mol. The molecule has 7 heteroatoms. The van der Waals surface area contributed by atoms with Gasteiger partial charge in [-0.2, -0.15) is 4.98 Å². The van der Waals surface area contributed by atoms with Crippen molar-refractivity contribution in [2.75, 3.05) is 13.1 Å². The summed E-state index contributed by atoms with van der Waals surface area (Å²) in [6.07, 6.45) is 7.43. The number of hydrogen-bond donors (Lipinski definition) is 0. The van der Waals surface area contributed by atoms with E-state index in [0.29, 0.717) is 30.5 Å². The van der Waals surface area contributed by atoms with Gasteiger partial charge in [0.25, 0.3) is 11.8 Å². The second-order valence-corrected chi connectivity index (χ2v) is 6.38. The van der Waals surface area contributed by atoms with Crippen LogP contribution in [-0.2, 0) is 11.3 Å².